The molecule has 0 aliphatic carbocycles. The number of nitrogens with two attached hydrogens (primary N) is 1. The molecule has 0 amide bonds. The number of ether oxygens (including phenoxy) is 1. The molecule has 0 saturated heterocycles. The van der Waals surface area contributed by atoms with Crippen LogP contribution in [0.1, 0.15) is 5.56 Å². The van der Waals surface area contributed by atoms with Gasteiger partial charge in [-0.05, 0) is 29.8 Å². The molecule has 0 aliphatic rings. The van der Waals surface area contributed by atoms with Gasteiger partial charge in [0.2, 0.25) is 0 Å². The van der Waals surface area contributed by atoms with Crippen LogP contribution in [-0.2, 0) is 6.61 Å². The number of benzene rings is 2. The van der Waals surface area contributed by atoms with Crippen molar-refractivity contribution >= 4 is 0 Å². The lowest BCUT2D eigenvalue weighted by molar-refractivity contribution is 0.303. The van der Waals surface area contributed by atoms with Crippen LogP contribution in [0.25, 0.3) is 0 Å². The van der Waals surface area contributed by atoms with E-state index >= 15 is 0 Å². The summed E-state index contributed by atoms with van der Waals surface area (Å²) in [5.74, 6) is 6.44. The van der Waals surface area contributed by atoms with Crippen LogP contribution in [0.2, 0.25) is 0 Å². The Morgan fingerprint density at radius 3 is 2.06 bits per heavy atom. The average Bonchev–Trinajstić information content (AvgIpc) is 2.38. The molecule has 16 heavy (non-hydrogen) atoms. The molecule has 0 radical (unpaired) electrons. The summed E-state index contributed by atoms with van der Waals surface area (Å²) in [5.41, 5.74) is 1.14. The minimum absolute atomic E-state index is 0.559. The smallest absolute Gasteiger partial charge is 0.147 e. The molecular formula is C13H13NO2. The summed E-state index contributed by atoms with van der Waals surface area (Å²) >= 11 is 0. The summed E-state index contributed by atoms with van der Waals surface area (Å²) < 4.78 is 5.60. The first-order valence-corrected chi connectivity index (χ1v) is 5.02. The Labute approximate surface area is 94.4 Å². The van der Waals surface area contributed by atoms with Crippen LogP contribution >= 0.6 is 0 Å². The quantitative estimate of drug-likeness (QED) is 0.797. The van der Waals surface area contributed by atoms with Gasteiger partial charge < -0.3 is 9.57 Å². The summed E-state index contributed by atoms with van der Waals surface area (Å²) in [5, 5.41) is 0. The van der Waals surface area contributed by atoms with Gasteiger partial charge in [-0.25, -0.2) is 0 Å². The molecule has 0 fully saturated rings. The van der Waals surface area contributed by atoms with E-state index in [0.717, 1.165) is 11.3 Å². The van der Waals surface area contributed by atoms with Crippen LogP contribution in [0, 0.1) is 0 Å². The monoisotopic (exact) mass is 215 g/mol. The molecule has 2 N–H and O–H groups in total. The highest BCUT2D eigenvalue weighted by atomic mass is 16.6. The van der Waals surface area contributed by atoms with E-state index in [4.69, 9.17) is 10.6 Å². The molecule has 0 atom stereocenters. The maximum absolute atomic E-state index is 5.60. The predicted molar refractivity (Wildman–Crippen MR) is 62.0 cm³/mol. The molecule has 0 heterocycles. The Hall–Kier alpha value is -2.00. The molecule has 0 saturated carbocycles. The Balaban J connectivity index is 1.94. The SMILES string of the molecule is NOc1ccc(OCc2ccccc2)cc1. The fourth-order valence-electron chi connectivity index (χ4n) is 1.36. The molecule has 2 aromatic carbocycles. The first-order chi connectivity index (χ1) is 7.88. The van der Waals surface area contributed by atoms with E-state index in [-0.39, 0.29) is 0 Å². The molecule has 0 bridgehead atoms. The van der Waals surface area contributed by atoms with Gasteiger partial charge >= 0.3 is 0 Å². The zero-order valence-electron chi connectivity index (χ0n) is 8.80. The van der Waals surface area contributed by atoms with Gasteiger partial charge in [-0.1, -0.05) is 30.3 Å². The third kappa shape index (κ3) is 2.74. The normalized spacial score (nSPS) is 9.81. The van der Waals surface area contributed by atoms with Gasteiger partial charge in [0.15, 0.2) is 0 Å². The highest BCUT2D eigenvalue weighted by molar-refractivity contribution is 5.31. The molecule has 0 unspecified atom stereocenters. The van der Waals surface area contributed by atoms with Crippen LogP contribution < -0.4 is 15.5 Å². The highest BCUT2D eigenvalue weighted by Gasteiger charge is 1.96. The Bertz CT molecular complexity index is 425. The lowest BCUT2D eigenvalue weighted by Gasteiger charge is -2.06. The van der Waals surface area contributed by atoms with E-state index in [1.54, 1.807) is 12.1 Å². The average molecular weight is 215 g/mol. The third-order valence-corrected chi connectivity index (χ3v) is 2.21. The van der Waals surface area contributed by atoms with E-state index in [1.807, 2.05) is 42.5 Å². The summed E-state index contributed by atoms with van der Waals surface area (Å²) in [4.78, 5) is 4.58. The topological polar surface area (TPSA) is 44.5 Å². The first kappa shape index (κ1) is 10.5. The first-order valence-electron chi connectivity index (χ1n) is 5.02. The maximum atomic E-state index is 5.60. The molecule has 0 aromatic heterocycles. The predicted octanol–water partition coefficient (Wildman–Crippen LogP) is 2.52. The van der Waals surface area contributed by atoms with Gasteiger partial charge in [-0.15, -0.1) is 0 Å². The largest absolute Gasteiger partial charge is 0.489 e. The van der Waals surface area contributed by atoms with Crippen molar-refractivity contribution in [3.05, 3.63) is 60.2 Å². The summed E-state index contributed by atoms with van der Waals surface area (Å²) in [6.07, 6.45) is 0. The maximum Gasteiger partial charge on any atom is 0.147 e. The van der Waals surface area contributed by atoms with Gasteiger partial charge in [0.05, 0.1) is 0 Å². The van der Waals surface area contributed by atoms with Gasteiger partial charge in [0.1, 0.15) is 18.1 Å². The van der Waals surface area contributed by atoms with Crippen molar-refractivity contribution in [2.75, 3.05) is 0 Å². The molecule has 2 rings (SSSR count). The third-order valence-electron chi connectivity index (χ3n) is 2.21. The van der Waals surface area contributed by atoms with Crippen molar-refractivity contribution in [2.24, 2.45) is 5.90 Å². The van der Waals surface area contributed by atoms with Crippen LogP contribution in [0.5, 0.6) is 11.5 Å². The molecule has 82 valence electrons. The van der Waals surface area contributed by atoms with Crippen LogP contribution in [0.4, 0.5) is 0 Å². The second-order valence-corrected chi connectivity index (χ2v) is 3.36. The van der Waals surface area contributed by atoms with E-state index < -0.39 is 0 Å². The van der Waals surface area contributed by atoms with Crippen LogP contribution in [0.15, 0.2) is 54.6 Å². The van der Waals surface area contributed by atoms with Crippen molar-refractivity contribution < 1.29 is 9.57 Å². The molecule has 2 aromatic rings. The van der Waals surface area contributed by atoms with Gasteiger partial charge in [-0.2, -0.15) is 5.90 Å². The van der Waals surface area contributed by atoms with Crippen molar-refractivity contribution in [3.63, 3.8) is 0 Å². The van der Waals surface area contributed by atoms with Gasteiger partial charge in [-0.3, -0.25) is 0 Å². The van der Waals surface area contributed by atoms with Crippen molar-refractivity contribution in [1.29, 1.82) is 0 Å². The summed E-state index contributed by atoms with van der Waals surface area (Å²) in [6.45, 7) is 0.559. The standard InChI is InChI=1S/C13H13NO2/c14-16-13-8-6-12(7-9-13)15-10-11-4-2-1-3-5-11/h1-9H,10,14H2. The Morgan fingerprint density at radius 2 is 1.44 bits per heavy atom. The van der Waals surface area contributed by atoms with Crippen molar-refractivity contribution in [1.82, 2.24) is 0 Å². The van der Waals surface area contributed by atoms with Crippen LogP contribution in [-0.4, -0.2) is 0 Å². The fourth-order valence-corrected chi connectivity index (χ4v) is 1.36. The summed E-state index contributed by atoms with van der Waals surface area (Å²) in [7, 11) is 0. The molecule has 0 aliphatic heterocycles. The number of hydrogen-bond acceptors (Lipinski definition) is 3. The van der Waals surface area contributed by atoms with Crippen molar-refractivity contribution in [2.45, 2.75) is 6.61 Å². The van der Waals surface area contributed by atoms with Gasteiger partial charge in [0.25, 0.3) is 0 Å². The van der Waals surface area contributed by atoms with E-state index in [0.29, 0.717) is 12.4 Å². The highest BCUT2D eigenvalue weighted by Crippen LogP contribution is 2.17. The second kappa shape index (κ2) is 5.19. The van der Waals surface area contributed by atoms with Crippen LogP contribution in [0.3, 0.4) is 0 Å². The number of hydrogen-bond donors (Lipinski definition) is 1. The molecule has 3 heteroatoms. The zero-order valence-corrected chi connectivity index (χ0v) is 8.80. The summed E-state index contributed by atoms with van der Waals surface area (Å²) in [6, 6.07) is 17.2. The van der Waals surface area contributed by atoms with Crippen molar-refractivity contribution in [3.8, 4) is 11.5 Å². The Morgan fingerprint density at radius 1 is 0.812 bits per heavy atom. The minimum atomic E-state index is 0.559. The molecule has 3 nitrogen and oxygen atoms in total. The minimum Gasteiger partial charge on any atom is -0.489 e. The van der Waals surface area contributed by atoms with E-state index in [2.05, 4.69) is 4.84 Å². The molecule has 0 spiro atoms. The Kier molecular flexibility index (Phi) is 3.41. The number of rotatable bonds is 4. The lowest BCUT2D eigenvalue weighted by atomic mass is 10.2. The second-order valence-electron chi connectivity index (χ2n) is 3.36. The van der Waals surface area contributed by atoms with E-state index in [9.17, 15) is 0 Å². The molecular weight excluding hydrogens is 202 g/mol. The zero-order chi connectivity index (χ0) is 11.2. The van der Waals surface area contributed by atoms with Gasteiger partial charge in [0, 0.05) is 0 Å². The van der Waals surface area contributed by atoms with E-state index in [1.165, 1.54) is 0 Å². The lowest BCUT2D eigenvalue weighted by Crippen LogP contribution is -2.01. The fraction of sp³-hybridized carbons (Fsp3) is 0.0769.